The number of hydrogen-bond donors (Lipinski definition) is 1. The van der Waals surface area contributed by atoms with E-state index in [-0.39, 0.29) is 19.0 Å². The molecule has 0 spiro atoms. The summed E-state index contributed by atoms with van der Waals surface area (Å²) in [6.45, 7) is 4.35. The first-order valence-corrected chi connectivity index (χ1v) is 9.87. The number of methoxy groups -OCH3 is 2. The molecule has 0 aliphatic heterocycles. The van der Waals surface area contributed by atoms with E-state index < -0.39 is 17.7 Å². The number of carbonyl (C=O) groups excluding carboxylic acids is 1. The molecule has 0 aromatic heterocycles. The molecule has 164 valence electrons. The maximum Gasteiger partial charge on any atom is 0.416 e. The van der Waals surface area contributed by atoms with Crippen molar-refractivity contribution in [3.63, 3.8) is 0 Å². The molecule has 0 amide bonds. The van der Waals surface area contributed by atoms with E-state index in [0.29, 0.717) is 28.0 Å². The van der Waals surface area contributed by atoms with E-state index in [4.69, 9.17) is 9.47 Å². The Morgan fingerprint density at radius 1 is 1.10 bits per heavy atom. The molecule has 1 atom stereocenters. The SMILES string of the molecule is CCCC(C)NCc1cc(C(F)(F)F)ccc1-c1cc(CC(=O)OC)ccc1OC. The van der Waals surface area contributed by atoms with Gasteiger partial charge in [0.25, 0.3) is 0 Å². The normalized spacial score (nSPS) is 12.5. The second kappa shape index (κ2) is 10.5. The van der Waals surface area contributed by atoms with Gasteiger partial charge in [0.1, 0.15) is 5.75 Å². The Bertz CT molecular complexity index is 865. The largest absolute Gasteiger partial charge is 0.496 e. The minimum atomic E-state index is -4.43. The van der Waals surface area contributed by atoms with Crippen molar-refractivity contribution in [1.82, 2.24) is 5.32 Å². The molecule has 2 aromatic carbocycles. The van der Waals surface area contributed by atoms with E-state index in [1.807, 2.05) is 6.92 Å². The van der Waals surface area contributed by atoms with Crippen LogP contribution in [0.5, 0.6) is 5.75 Å². The van der Waals surface area contributed by atoms with Crippen LogP contribution in [0, 0.1) is 0 Å². The van der Waals surface area contributed by atoms with Gasteiger partial charge in [-0.3, -0.25) is 4.79 Å². The molecule has 1 N–H and O–H groups in total. The van der Waals surface area contributed by atoms with E-state index in [2.05, 4.69) is 12.2 Å². The molecule has 0 aliphatic rings. The Morgan fingerprint density at radius 3 is 2.43 bits per heavy atom. The molecule has 30 heavy (non-hydrogen) atoms. The summed E-state index contributed by atoms with van der Waals surface area (Å²) in [5, 5.41) is 3.30. The summed E-state index contributed by atoms with van der Waals surface area (Å²) >= 11 is 0. The van der Waals surface area contributed by atoms with Crippen LogP contribution in [0.2, 0.25) is 0 Å². The van der Waals surface area contributed by atoms with Crippen molar-refractivity contribution in [1.29, 1.82) is 0 Å². The van der Waals surface area contributed by atoms with Gasteiger partial charge >= 0.3 is 12.1 Å². The number of rotatable bonds is 9. The number of benzene rings is 2. The van der Waals surface area contributed by atoms with Crippen molar-refractivity contribution in [2.24, 2.45) is 0 Å². The molecular formula is C23H28F3NO3. The average Bonchev–Trinajstić information content (AvgIpc) is 2.71. The van der Waals surface area contributed by atoms with Crippen molar-refractivity contribution in [3.05, 3.63) is 53.1 Å². The van der Waals surface area contributed by atoms with Gasteiger partial charge in [-0.2, -0.15) is 13.2 Å². The summed E-state index contributed by atoms with van der Waals surface area (Å²) in [6, 6.07) is 9.09. The van der Waals surface area contributed by atoms with E-state index in [1.165, 1.54) is 26.4 Å². The predicted octanol–water partition coefficient (Wildman–Crippen LogP) is 5.37. The lowest BCUT2D eigenvalue weighted by molar-refractivity contribution is -0.140. The minimum Gasteiger partial charge on any atom is -0.496 e. The maximum atomic E-state index is 13.3. The maximum absolute atomic E-state index is 13.3. The molecule has 0 fully saturated rings. The summed E-state index contributed by atoms with van der Waals surface area (Å²) in [5.41, 5.74) is 1.77. The number of halogens is 3. The molecule has 0 radical (unpaired) electrons. The number of ether oxygens (including phenoxy) is 2. The second-order valence-corrected chi connectivity index (χ2v) is 7.23. The van der Waals surface area contributed by atoms with Gasteiger partial charge in [-0.25, -0.2) is 0 Å². The molecule has 0 bridgehead atoms. The molecule has 0 heterocycles. The Morgan fingerprint density at radius 2 is 1.83 bits per heavy atom. The van der Waals surface area contributed by atoms with Gasteiger partial charge in [0.05, 0.1) is 26.2 Å². The molecule has 4 nitrogen and oxygen atoms in total. The lowest BCUT2D eigenvalue weighted by atomic mass is 9.94. The van der Waals surface area contributed by atoms with E-state index in [0.717, 1.165) is 18.9 Å². The fraction of sp³-hybridized carbons (Fsp3) is 0.435. The van der Waals surface area contributed by atoms with Gasteiger partial charge in [-0.05, 0) is 54.3 Å². The van der Waals surface area contributed by atoms with Gasteiger partial charge in [0, 0.05) is 18.2 Å². The molecule has 0 saturated carbocycles. The van der Waals surface area contributed by atoms with Gasteiger partial charge in [-0.15, -0.1) is 0 Å². The second-order valence-electron chi connectivity index (χ2n) is 7.23. The third kappa shape index (κ3) is 6.23. The third-order valence-electron chi connectivity index (χ3n) is 4.93. The fourth-order valence-electron chi connectivity index (χ4n) is 3.31. The molecule has 0 saturated heterocycles. The molecule has 1 unspecified atom stereocenters. The van der Waals surface area contributed by atoms with Crippen molar-refractivity contribution in [3.8, 4) is 16.9 Å². The summed E-state index contributed by atoms with van der Waals surface area (Å²) in [4.78, 5) is 11.7. The smallest absolute Gasteiger partial charge is 0.416 e. The van der Waals surface area contributed by atoms with Crippen molar-refractivity contribution in [2.75, 3.05) is 14.2 Å². The zero-order valence-electron chi connectivity index (χ0n) is 17.7. The van der Waals surface area contributed by atoms with Crippen LogP contribution in [-0.2, 0) is 28.7 Å². The Balaban J connectivity index is 2.52. The highest BCUT2D eigenvalue weighted by Gasteiger charge is 2.31. The van der Waals surface area contributed by atoms with Gasteiger partial charge < -0.3 is 14.8 Å². The Labute approximate surface area is 175 Å². The number of esters is 1. The van der Waals surface area contributed by atoms with Crippen LogP contribution in [0.1, 0.15) is 43.4 Å². The first kappa shape index (κ1) is 23.7. The van der Waals surface area contributed by atoms with Gasteiger partial charge in [0.15, 0.2) is 0 Å². The summed E-state index contributed by atoms with van der Waals surface area (Å²) in [6.07, 6.45) is -2.46. The molecule has 0 aliphatic carbocycles. The van der Waals surface area contributed by atoms with Gasteiger partial charge in [-0.1, -0.05) is 25.5 Å². The lowest BCUT2D eigenvalue weighted by Crippen LogP contribution is -2.25. The standard InChI is InChI=1S/C23H28F3NO3/c1-5-6-15(2)27-14-17-13-18(23(24,25)26)8-9-19(17)20-11-16(12-22(28)30-4)7-10-21(20)29-3/h7-11,13,15,27H,5-6,12,14H2,1-4H3. The van der Waals surface area contributed by atoms with Gasteiger partial charge in [0.2, 0.25) is 0 Å². The predicted molar refractivity (Wildman–Crippen MR) is 110 cm³/mol. The van der Waals surface area contributed by atoms with Crippen LogP contribution in [-0.4, -0.2) is 26.2 Å². The number of alkyl halides is 3. The number of nitrogens with one attached hydrogen (secondary N) is 1. The summed E-state index contributed by atoms with van der Waals surface area (Å²) in [7, 11) is 2.81. The molecule has 2 rings (SSSR count). The first-order valence-electron chi connectivity index (χ1n) is 9.87. The van der Waals surface area contributed by atoms with E-state index in [1.54, 1.807) is 18.2 Å². The van der Waals surface area contributed by atoms with Crippen molar-refractivity contribution >= 4 is 5.97 Å². The quantitative estimate of drug-likeness (QED) is 0.551. The van der Waals surface area contributed by atoms with E-state index >= 15 is 0 Å². The molecule has 7 heteroatoms. The van der Waals surface area contributed by atoms with Crippen LogP contribution in [0.15, 0.2) is 36.4 Å². The summed E-state index contributed by atoms with van der Waals surface area (Å²) < 4.78 is 50.1. The van der Waals surface area contributed by atoms with Crippen molar-refractivity contribution < 1.29 is 27.4 Å². The number of carbonyl (C=O) groups is 1. The third-order valence-corrected chi connectivity index (χ3v) is 4.93. The monoisotopic (exact) mass is 423 g/mol. The highest BCUT2D eigenvalue weighted by Crippen LogP contribution is 2.37. The van der Waals surface area contributed by atoms with Crippen LogP contribution < -0.4 is 10.1 Å². The van der Waals surface area contributed by atoms with Crippen LogP contribution in [0.4, 0.5) is 13.2 Å². The Hall–Kier alpha value is -2.54. The first-order chi connectivity index (χ1) is 14.2. The van der Waals surface area contributed by atoms with E-state index in [9.17, 15) is 18.0 Å². The minimum absolute atomic E-state index is 0.0647. The molecule has 2 aromatic rings. The van der Waals surface area contributed by atoms with Crippen LogP contribution in [0.3, 0.4) is 0 Å². The zero-order chi connectivity index (χ0) is 22.3. The molecular weight excluding hydrogens is 395 g/mol. The lowest BCUT2D eigenvalue weighted by Gasteiger charge is -2.19. The number of hydrogen-bond acceptors (Lipinski definition) is 4. The van der Waals surface area contributed by atoms with Crippen molar-refractivity contribution in [2.45, 2.75) is 51.9 Å². The van der Waals surface area contributed by atoms with Crippen LogP contribution >= 0.6 is 0 Å². The fourth-order valence-corrected chi connectivity index (χ4v) is 3.31. The topological polar surface area (TPSA) is 47.6 Å². The average molecular weight is 423 g/mol. The van der Waals surface area contributed by atoms with Crippen LogP contribution in [0.25, 0.3) is 11.1 Å². The zero-order valence-corrected chi connectivity index (χ0v) is 17.7. The highest BCUT2D eigenvalue weighted by molar-refractivity contribution is 5.77. The highest BCUT2D eigenvalue weighted by atomic mass is 19.4. The Kier molecular flexibility index (Phi) is 8.29. The summed E-state index contributed by atoms with van der Waals surface area (Å²) in [5.74, 6) is 0.125.